The third kappa shape index (κ3) is 1.47. The first-order chi connectivity index (χ1) is 6.58. The molecule has 0 aliphatic carbocycles. The van der Waals surface area contributed by atoms with Crippen molar-refractivity contribution >= 4 is 39.0 Å². The minimum atomic E-state index is -1.66. The summed E-state index contributed by atoms with van der Waals surface area (Å²) in [6.45, 7) is 0. The molecule has 0 atom stereocenters. The summed E-state index contributed by atoms with van der Waals surface area (Å²) in [4.78, 5) is 0. The second-order valence-electron chi connectivity index (χ2n) is 2.94. The molecule has 14 heavy (non-hydrogen) atoms. The van der Waals surface area contributed by atoms with Crippen LogP contribution in [-0.4, -0.2) is 17.2 Å². The number of anilines is 1. The molecule has 0 bridgehead atoms. The van der Waals surface area contributed by atoms with Crippen LogP contribution in [0.15, 0.2) is 18.2 Å². The first-order valence-electron chi connectivity index (χ1n) is 3.92. The van der Waals surface area contributed by atoms with Crippen molar-refractivity contribution in [2.45, 2.75) is 0 Å². The van der Waals surface area contributed by atoms with Crippen LogP contribution < -0.4 is 11.2 Å². The van der Waals surface area contributed by atoms with Gasteiger partial charge < -0.3 is 15.8 Å². The Hall–Kier alpha value is -1.11. The number of hydrogen-bond acceptors (Lipinski definition) is 4. The topological polar surface area (TPSA) is 66.5 Å². The van der Waals surface area contributed by atoms with Crippen molar-refractivity contribution in [3.63, 3.8) is 0 Å². The summed E-state index contributed by atoms with van der Waals surface area (Å²) < 4.78 is 13.8. The van der Waals surface area contributed by atoms with Crippen LogP contribution in [0.4, 0.5) is 9.39 Å². The Labute approximate surface area is 83.7 Å². The molecular weight excluding hydrogens is 204 g/mol. The Bertz CT molecular complexity index is 485. The summed E-state index contributed by atoms with van der Waals surface area (Å²) in [6, 6.07) is 4.22. The first-order valence-corrected chi connectivity index (χ1v) is 4.74. The predicted molar refractivity (Wildman–Crippen MR) is 56.0 cm³/mol. The smallest absolute Gasteiger partial charge is 0.423 e. The Morgan fingerprint density at radius 1 is 1.29 bits per heavy atom. The summed E-state index contributed by atoms with van der Waals surface area (Å²) in [5.41, 5.74) is 5.64. The third-order valence-electron chi connectivity index (χ3n) is 1.91. The lowest BCUT2D eigenvalue weighted by molar-refractivity contribution is 0.425. The van der Waals surface area contributed by atoms with E-state index >= 15 is 0 Å². The maximum absolute atomic E-state index is 13.4. The van der Waals surface area contributed by atoms with Gasteiger partial charge in [-0.05, 0) is 23.0 Å². The van der Waals surface area contributed by atoms with Gasteiger partial charge in [-0.25, -0.2) is 4.39 Å². The molecule has 0 amide bonds. The van der Waals surface area contributed by atoms with E-state index in [9.17, 15) is 4.39 Å². The second-order valence-corrected chi connectivity index (χ2v) is 4.03. The lowest BCUT2D eigenvalue weighted by Crippen LogP contribution is -2.29. The molecule has 1 aromatic heterocycles. The van der Waals surface area contributed by atoms with E-state index in [1.807, 2.05) is 0 Å². The third-order valence-corrected chi connectivity index (χ3v) is 2.90. The molecule has 0 aliphatic rings. The number of benzene rings is 1. The Morgan fingerprint density at radius 2 is 2.00 bits per heavy atom. The number of nitrogen functional groups attached to an aromatic ring is 1. The fourth-order valence-electron chi connectivity index (χ4n) is 1.30. The van der Waals surface area contributed by atoms with Gasteiger partial charge in [0.05, 0.1) is 9.70 Å². The van der Waals surface area contributed by atoms with Crippen LogP contribution in [0.1, 0.15) is 0 Å². The summed E-state index contributed by atoms with van der Waals surface area (Å²) in [5.74, 6) is -0.479. The van der Waals surface area contributed by atoms with Gasteiger partial charge in [0.15, 0.2) is 0 Å². The molecule has 0 saturated carbocycles. The Morgan fingerprint density at radius 3 is 2.64 bits per heavy atom. The first kappa shape index (κ1) is 9.45. The molecule has 0 unspecified atom stereocenters. The average Bonchev–Trinajstić information content (AvgIpc) is 2.45. The molecule has 0 radical (unpaired) electrons. The van der Waals surface area contributed by atoms with E-state index in [1.165, 1.54) is 6.07 Å². The Balaban J connectivity index is 2.71. The fourth-order valence-corrected chi connectivity index (χ4v) is 2.11. The van der Waals surface area contributed by atoms with E-state index in [0.29, 0.717) is 15.1 Å². The predicted octanol–water partition coefficient (Wildman–Crippen LogP) is 0.302. The molecule has 6 heteroatoms. The lowest BCUT2D eigenvalue weighted by Gasteiger charge is -1.99. The summed E-state index contributed by atoms with van der Waals surface area (Å²) >= 11 is 1.14. The zero-order chi connectivity index (χ0) is 10.3. The molecule has 1 aromatic carbocycles. The largest absolute Gasteiger partial charge is 0.488 e. The van der Waals surface area contributed by atoms with E-state index in [4.69, 9.17) is 15.8 Å². The second kappa shape index (κ2) is 3.23. The zero-order valence-electron chi connectivity index (χ0n) is 7.07. The van der Waals surface area contributed by atoms with Crippen LogP contribution in [0.25, 0.3) is 10.1 Å². The quantitative estimate of drug-likeness (QED) is 0.594. The number of hydrogen-bond donors (Lipinski definition) is 3. The normalized spacial score (nSPS) is 10.8. The molecule has 1 heterocycles. The van der Waals surface area contributed by atoms with Gasteiger partial charge in [0.2, 0.25) is 0 Å². The monoisotopic (exact) mass is 211 g/mol. The average molecular weight is 211 g/mol. The van der Waals surface area contributed by atoms with Crippen molar-refractivity contribution in [1.82, 2.24) is 0 Å². The highest BCUT2D eigenvalue weighted by Gasteiger charge is 2.15. The van der Waals surface area contributed by atoms with Crippen molar-refractivity contribution in [2.75, 3.05) is 5.73 Å². The zero-order valence-corrected chi connectivity index (χ0v) is 7.88. The van der Waals surface area contributed by atoms with E-state index in [-0.39, 0.29) is 5.46 Å². The highest BCUT2D eigenvalue weighted by atomic mass is 32.1. The highest BCUT2D eigenvalue weighted by molar-refractivity contribution is 7.22. The highest BCUT2D eigenvalue weighted by Crippen LogP contribution is 2.28. The minimum Gasteiger partial charge on any atom is -0.423 e. The number of halogens is 1. The van der Waals surface area contributed by atoms with Crippen LogP contribution in [-0.2, 0) is 0 Å². The maximum Gasteiger partial charge on any atom is 0.488 e. The molecule has 72 valence electrons. The van der Waals surface area contributed by atoms with Gasteiger partial charge in [0.1, 0.15) is 5.82 Å². The molecule has 2 rings (SSSR count). The van der Waals surface area contributed by atoms with E-state index < -0.39 is 12.9 Å². The number of nitrogens with two attached hydrogens (primary N) is 1. The van der Waals surface area contributed by atoms with E-state index in [0.717, 1.165) is 17.4 Å². The number of thiophene rings is 1. The van der Waals surface area contributed by atoms with Gasteiger partial charge in [0, 0.05) is 0 Å². The molecule has 0 fully saturated rings. The van der Waals surface area contributed by atoms with E-state index in [2.05, 4.69) is 0 Å². The van der Waals surface area contributed by atoms with Crippen molar-refractivity contribution in [3.05, 3.63) is 24.0 Å². The van der Waals surface area contributed by atoms with Crippen LogP contribution in [0.3, 0.4) is 0 Å². The van der Waals surface area contributed by atoms with Gasteiger partial charge in [0.25, 0.3) is 0 Å². The van der Waals surface area contributed by atoms with Crippen molar-refractivity contribution in [1.29, 1.82) is 0 Å². The van der Waals surface area contributed by atoms with Gasteiger partial charge in [-0.3, -0.25) is 0 Å². The lowest BCUT2D eigenvalue weighted by atomic mass is 9.80. The molecule has 3 nitrogen and oxygen atoms in total. The van der Waals surface area contributed by atoms with Crippen LogP contribution >= 0.6 is 11.3 Å². The van der Waals surface area contributed by atoms with Crippen molar-refractivity contribution in [3.8, 4) is 0 Å². The molecule has 2 aromatic rings. The summed E-state index contributed by atoms with van der Waals surface area (Å²) in [7, 11) is -1.66. The molecule has 0 aliphatic heterocycles. The number of rotatable bonds is 1. The van der Waals surface area contributed by atoms with Gasteiger partial charge in [-0.1, -0.05) is 6.07 Å². The molecule has 0 saturated heterocycles. The Kier molecular flexibility index (Phi) is 2.18. The van der Waals surface area contributed by atoms with Crippen molar-refractivity contribution < 1.29 is 14.4 Å². The SMILES string of the molecule is Nc1cc2cc(B(O)O)cc(F)c2s1. The van der Waals surface area contributed by atoms with E-state index in [1.54, 1.807) is 6.07 Å². The number of fused-ring (bicyclic) bond motifs is 1. The summed E-state index contributed by atoms with van der Waals surface area (Å²) in [6.07, 6.45) is 0. The van der Waals surface area contributed by atoms with Gasteiger partial charge in [-0.2, -0.15) is 0 Å². The molecule has 4 N–H and O–H groups in total. The minimum absolute atomic E-state index is 0.132. The van der Waals surface area contributed by atoms with Gasteiger partial charge in [-0.15, -0.1) is 11.3 Å². The van der Waals surface area contributed by atoms with Crippen molar-refractivity contribution in [2.24, 2.45) is 0 Å². The summed E-state index contributed by atoms with van der Waals surface area (Å²) in [5, 5.41) is 18.8. The van der Waals surface area contributed by atoms with Crippen LogP contribution in [0.2, 0.25) is 0 Å². The van der Waals surface area contributed by atoms with Crippen LogP contribution in [0, 0.1) is 5.82 Å². The molecule has 0 spiro atoms. The van der Waals surface area contributed by atoms with Gasteiger partial charge >= 0.3 is 7.12 Å². The molecular formula is C8H7BFNO2S. The maximum atomic E-state index is 13.4. The fraction of sp³-hybridized carbons (Fsp3) is 0. The standard InChI is InChI=1S/C8H7BFNO2S/c10-6-3-5(9(12)13)1-4-2-7(11)14-8(4)6/h1-3,12-13H,11H2. The van der Waals surface area contributed by atoms with Crippen LogP contribution in [0.5, 0.6) is 0 Å².